The number of nitrogens with two attached hydrogens (primary N) is 1. The number of hydrogen-bond donors (Lipinski definition) is 3. The molecule has 0 aromatic heterocycles. The summed E-state index contributed by atoms with van der Waals surface area (Å²) in [5.41, 5.74) is 5.53. The Morgan fingerprint density at radius 2 is 2.06 bits per heavy atom. The van der Waals surface area contributed by atoms with Crippen LogP contribution in [0.15, 0.2) is 0 Å². The number of hydrogen-bond acceptors (Lipinski definition) is 5. The fraction of sp³-hybridized carbons (Fsp3) is 0.900. The summed E-state index contributed by atoms with van der Waals surface area (Å²) in [6.07, 6.45) is 0.640. The fourth-order valence-corrected chi connectivity index (χ4v) is 1.80. The highest BCUT2D eigenvalue weighted by molar-refractivity contribution is 5.82. The van der Waals surface area contributed by atoms with E-state index in [1.165, 1.54) is 4.90 Å². The van der Waals surface area contributed by atoms with Gasteiger partial charge < -0.3 is 10.6 Å². The molecule has 0 bridgehead atoms. The van der Waals surface area contributed by atoms with E-state index in [0.29, 0.717) is 13.0 Å². The monoisotopic (exact) mass is 231 g/mol. The van der Waals surface area contributed by atoms with Crippen LogP contribution >= 0.6 is 0 Å². The van der Waals surface area contributed by atoms with E-state index in [9.17, 15) is 4.79 Å². The largest absolute Gasteiger partial charge is 0.321 e. The molecule has 0 saturated carbocycles. The van der Waals surface area contributed by atoms with Crippen molar-refractivity contribution in [2.75, 3.05) is 6.54 Å². The predicted octanol–water partition coefficient (Wildman–Crippen LogP) is 0.389. The van der Waals surface area contributed by atoms with Gasteiger partial charge in [-0.25, -0.2) is 0 Å². The van der Waals surface area contributed by atoms with Crippen molar-refractivity contribution in [2.24, 2.45) is 11.1 Å². The molecule has 0 spiro atoms. The van der Waals surface area contributed by atoms with Gasteiger partial charge in [-0.15, -0.1) is 0 Å². The third-order valence-electron chi connectivity index (χ3n) is 2.97. The summed E-state index contributed by atoms with van der Waals surface area (Å²) in [6.45, 7) is 6.17. The van der Waals surface area contributed by atoms with Gasteiger partial charge in [-0.1, -0.05) is 20.8 Å². The van der Waals surface area contributed by atoms with Gasteiger partial charge in [-0.05, 0) is 23.5 Å². The van der Waals surface area contributed by atoms with Crippen molar-refractivity contribution in [3.05, 3.63) is 0 Å². The zero-order valence-corrected chi connectivity index (χ0v) is 10.1. The molecule has 1 aliphatic rings. The normalized spacial score (nSPS) is 23.9. The molecule has 1 amide bonds. The fourth-order valence-electron chi connectivity index (χ4n) is 1.80. The first-order valence-corrected chi connectivity index (χ1v) is 5.48. The van der Waals surface area contributed by atoms with E-state index in [4.69, 9.17) is 16.1 Å². The maximum absolute atomic E-state index is 12.1. The standard InChI is InChI=1S/C10H21N3O3/c1-10(2,3)8(11)9(14)12-6-4-5-7(12)13(15)16/h7-8,15-16H,4-6,11H2,1-3H3/t7-,8-/m1/s1. The average Bonchev–Trinajstić information content (AvgIpc) is 2.62. The van der Waals surface area contributed by atoms with Crippen molar-refractivity contribution < 1.29 is 15.2 Å². The highest BCUT2D eigenvalue weighted by Crippen LogP contribution is 2.24. The third-order valence-corrected chi connectivity index (χ3v) is 2.97. The van der Waals surface area contributed by atoms with Gasteiger partial charge in [0.15, 0.2) is 0 Å². The van der Waals surface area contributed by atoms with Gasteiger partial charge in [-0.3, -0.25) is 15.2 Å². The molecule has 16 heavy (non-hydrogen) atoms. The molecule has 1 saturated heterocycles. The molecule has 1 fully saturated rings. The van der Waals surface area contributed by atoms with Gasteiger partial charge in [0.1, 0.15) is 6.17 Å². The number of carbonyl (C=O) groups is 1. The van der Waals surface area contributed by atoms with Gasteiger partial charge in [0.25, 0.3) is 0 Å². The van der Waals surface area contributed by atoms with Crippen molar-refractivity contribution in [3.63, 3.8) is 0 Å². The lowest BCUT2D eigenvalue weighted by Crippen LogP contribution is -2.54. The Labute approximate surface area is 95.5 Å². The maximum atomic E-state index is 12.1. The molecular weight excluding hydrogens is 210 g/mol. The summed E-state index contributed by atoms with van der Waals surface area (Å²) in [4.78, 5) is 13.5. The summed E-state index contributed by atoms with van der Waals surface area (Å²) >= 11 is 0. The molecular formula is C10H21N3O3. The summed E-state index contributed by atoms with van der Waals surface area (Å²) < 4.78 is 0. The van der Waals surface area contributed by atoms with Gasteiger partial charge >= 0.3 is 0 Å². The first kappa shape index (κ1) is 13.4. The number of rotatable bonds is 2. The van der Waals surface area contributed by atoms with Crippen molar-refractivity contribution in [1.29, 1.82) is 0 Å². The van der Waals surface area contributed by atoms with E-state index in [1.807, 2.05) is 20.8 Å². The van der Waals surface area contributed by atoms with Crippen LogP contribution in [0.2, 0.25) is 0 Å². The van der Waals surface area contributed by atoms with Crippen molar-refractivity contribution in [2.45, 2.75) is 45.8 Å². The van der Waals surface area contributed by atoms with E-state index in [-0.39, 0.29) is 16.5 Å². The second-order valence-electron chi connectivity index (χ2n) is 5.32. The van der Waals surface area contributed by atoms with Gasteiger partial charge in [0, 0.05) is 6.54 Å². The quantitative estimate of drug-likeness (QED) is 0.598. The second-order valence-corrected chi connectivity index (χ2v) is 5.32. The molecule has 4 N–H and O–H groups in total. The summed E-state index contributed by atoms with van der Waals surface area (Å²) in [5, 5.41) is 18.1. The van der Waals surface area contributed by atoms with Crippen molar-refractivity contribution in [3.8, 4) is 0 Å². The zero-order valence-electron chi connectivity index (χ0n) is 10.1. The van der Waals surface area contributed by atoms with Crippen LogP contribution in [0, 0.1) is 5.41 Å². The Kier molecular flexibility index (Phi) is 3.90. The number of hydroxylamine groups is 2. The van der Waals surface area contributed by atoms with Gasteiger partial charge in [0.2, 0.25) is 5.91 Å². The van der Waals surface area contributed by atoms with Crippen LogP contribution in [0.25, 0.3) is 0 Å². The van der Waals surface area contributed by atoms with E-state index in [1.54, 1.807) is 0 Å². The smallest absolute Gasteiger partial charge is 0.241 e. The summed E-state index contributed by atoms with van der Waals surface area (Å²) in [6, 6.07) is -0.631. The molecule has 2 atom stereocenters. The molecule has 0 unspecified atom stereocenters. The molecule has 1 rings (SSSR count). The minimum absolute atomic E-state index is 0.0975. The molecule has 1 aliphatic heterocycles. The Morgan fingerprint density at radius 1 is 1.50 bits per heavy atom. The Morgan fingerprint density at radius 3 is 2.50 bits per heavy atom. The minimum Gasteiger partial charge on any atom is -0.321 e. The summed E-state index contributed by atoms with van der Waals surface area (Å²) in [7, 11) is 0. The molecule has 94 valence electrons. The topological polar surface area (TPSA) is 90.0 Å². The van der Waals surface area contributed by atoms with E-state index >= 15 is 0 Å². The number of likely N-dealkylation sites (tertiary alicyclic amines) is 1. The van der Waals surface area contributed by atoms with Crippen LogP contribution in [0.1, 0.15) is 33.6 Å². The van der Waals surface area contributed by atoms with Crippen LogP contribution < -0.4 is 5.73 Å². The Hall–Kier alpha value is -0.690. The minimum atomic E-state index is -0.666. The Bertz CT molecular complexity index is 263. The summed E-state index contributed by atoms with van der Waals surface area (Å²) in [5.74, 6) is -0.233. The van der Waals surface area contributed by atoms with Crippen molar-refractivity contribution in [1.82, 2.24) is 10.1 Å². The molecule has 0 aliphatic carbocycles. The number of nitrogens with zero attached hydrogens (tertiary/aromatic N) is 2. The van der Waals surface area contributed by atoms with Gasteiger partial charge in [-0.2, -0.15) is 0 Å². The lowest BCUT2D eigenvalue weighted by atomic mass is 9.86. The van der Waals surface area contributed by atoms with Crippen LogP contribution in [-0.2, 0) is 4.79 Å². The highest BCUT2D eigenvalue weighted by atomic mass is 16.8. The van der Waals surface area contributed by atoms with E-state index in [2.05, 4.69) is 0 Å². The molecule has 0 aromatic rings. The SMILES string of the molecule is CC(C)(C)[C@H](N)C(=O)N1CCC[C@H]1N(O)O. The van der Waals surface area contributed by atoms with E-state index in [0.717, 1.165) is 6.42 Å². The van der Waals surface area contributed by atoms with Crippen LogP contribution in [-0.4, -0.2) is 45.2 Å². The van der Waals surface area contributed by atoms with Crippen LogP contribution in [0.5, 0.6) is 0 Å². The number of carbonyl (C=O) groups excluding carboxylic acids is 1. The number of amides is 1. The molecule has 6 heteroatoms. The first-order chi connectivity index (χ1) is 7.25. The van der Waals surface area contributed by atoms with Crippen LogP contribution in [0.3, 0.4) is 0 Å². The Balaban J connectivity index is 2.74. The van der Waals surface area contributed by atoms with Crippen LogP contribution in [0.4, 0.5) is 0 Å². The maximum Gasteiger partial charge on any atom is 0.241 e. The lowest BCUT2D eigenvalue weighted by Gasteiger charge is -2.33. The average molecular weight is 231 g/mol. The second kappa shape index (κ2) is 4.67. The van der Waals surface area contributed by atoms with Crippen molar-refractivity contribution >= 4 is 5.91 Å². The molecule has 6 nitrogen and oxygen atoms in total. The third kappa shape index (κ3) is 2.70. The predicted molar refractivity (Wildman–Crippen MR) is 57.6 cm³/mol. The lowest BCUT2D eigenvalue weighted by molar-refractivity contribution is -0.347. The molecule has 0 radical (unpaired) electrons. The molecule has 1 heterocycles. The van der Waals surface area contributed by atoms with E-state index < -0.39 is 12.2 Å². The van der Waals surface area contributed by atoms with Gasteiger partial charge in [0.05, 0.1) is 6.04 Å². The highest BCUT2D eigenvalue weighted by Gasteiger charge is 2.38. The zero-order chi connectivity index (χ0) is 12.5. The first-order valence-electron chi connectivity index (χ1n) is 5.48. The molecule has 0 aromatic carbocycles.